The van der Waals surface area contributed by atoms with Crippen molar-refractivity contribution in [2.24, 2.45) is 11.7 Å². The lowest BCUT2D eigenvalue weighted by molar-refractivity contribution is 0.383. The monoisotopic (exact) mass is 287 g/mol. The Labute approximate surface area is 104 Å². The summed E-state index contributed by atoms with van der Waals surface area (Å²) in [4.78, 5) is 0. The van der Waals surface area contributed by atoms with E-state index in [0.29, 0.717) is 5.92 Å². The summed E-state index contributed by atoms with van der Waals surface area (Å²) < 4.78 is 1.20. The number of thiophene rings is 1. The van der Waals surface area contributed by atoms with Crippen molar-refractivity contribution in [3.8, 4) is 0 Å². The quantitative estimate of drug-likeness (QED) is 0.798. The molecule has 1 fully saturated rings. The van der Waals surface area contributed by atoms with Crippen LogP contribution in [0.5, 0.6) is 0 Å². The smallest absolute Gasteiger partial charge is 0.0701 e. The van der Waals surface area contributed by atoms with E-state index in [-0.39, 0.29) is 6.04 Å². The standard InChI is InChI=1S/C12H18BrNS/c13-11-7-10(8-15-11)12(14)9-5-3-1-2-4-6-9/h7-9,12H,1-6,14H2. The fraction of sp³-hybridized carbons (Fsp3) is 0.667. The second-order valence-corrected chi connectivity index (χ2v) is 6.75. The summed E-state index contributed by atoms with van der Waals surface area (Å²) >= 11 is 5.24. The summed E-state index contributed by atoms with van der Waals surface area (Å²) in [5, 5.41) is 2.19. The molecule has 2 rings (SSSR count). The summed E-state index contributed by atoms with van der Waals surface area (Å²) in [5.41, 5.74) is 7.66. The molecule has 0 aromatic carbocycles. The fourth-order valence-corrected chi connectivity index (χ4v) is 3.66. The van der Waals surface area contributed by atoms with Crippen LogP contribution in [0.4, 0.5) is 0 Å². The molecule has 1 aromatic rings. The minimum atomic E-state index is 0.255. The highest BCUT2D eigenvalue weighted by Gasteiger charge is 2.21. The molecule has 1 unspecified atom stereocenters. The summed E-state index contributed by atoms with van der Waals surface area (Å²) in [7, 11) is 0. The van der Waals surface area contributed by atoms with Crippen LogP contribution in [0, 0.1) is 5.92 Å². The van der Waals surface area contributed by atoms with Crippen LogP contribution < -0.4 is 5.73 Å². The van der Waals surface area contributed by atoms with Gasteiger partial charge in [-0.2, -0.15) is 0 Å². The van der Waals surface area contributed by atoms with Gasteiger partial charge in [-0.3, -0.25) is 0 Å². The van der Waals surface area contributed by atoms with Crippen LogP contribution in [0.3, 0.4) is 0 Å². The van der Waals surface area contributed by atoms with Gasteiger partial charge in [-0.1, -0.05) is 25.7 Å². The van der Waals surface area contributed by atoms with Gasteiger partial charge in [-0.25, -0.2) is 0 Å². The van der Waals surface area contributed by atoms with E-state index in [1.54, 1.807) is 11.3 Å². The van der Waals surface area contributed by atoms with E-state index in [0.717, 1.165) is 0 Å². The maximum atomic E-state index is 6.34. The maximum Gasteiger partial charge on any atom is 0.0701 e. The van der Waals surface area contributed by atoms with E-state index < -0.39 is 0 Å². The van der Waals surface area contributed by atoms with Gasteiger partial charge in [0.05, 0.1) is 3.79 Å². The first kappa shape index (κ1) is 11.6. The molecule has 1 aliphatic carbocycles. The van der Waals surface area contributed by atoms with Crippen molar-refractivity contribution in [3.63, 3.8) is 0 Å². The molecule has 0 spiro atoms. The Morgan fingerprint density at radius 3 is 2.47 bits per heavy atom. The van der Waals surface area contributed by atoms with Gasteiger partial charge >= 0.3 is 0 Å². The zero-order valence-corrected chi connectivity index (χ0v) is 11.3. The molecule has 0 amide bonds. The van der Waals surface area contributed by atoms with E-state index in [4.69, 9.17) is 5.73 Å². The van der Waals surface area contributed by atoms with Crippen molar-refractivity contribution in [1.29, 1.82) is 0 Å². The van der Waals surface area contributed by atoms with Gasteiger partial charge in [0.1, 0.15) is 0 Å². The van der Waals surface area contributed by atoms with E-state index >= 15 is 0 Å². The molecular weight excluding hydrogens is 270 g/mol. The number of rotatable bonds is 2. The molecule has 2 N–H and O–H groups in total. The fourth-order valence-electron chi connectivity index (χ4n) is 2.44. The average Bonchev–Trinajstić information content (AvgIpc) is 2.53. The summed E-state index contributed by atoms with van der Waals surface area (Å²) in [5.74, 6) is 0.703. The molecule has 1 saturated carbocycles. The molecular formula is C12H18BrNS. The Balaban J connectivity index is 2.02. The van der Waals surface area contributed by atoms with Crippen LogP contribution in [0.2, 0.25) is 0 Å². The van der Waals surface area contributed by atoms with Crippen molar-refractivity contribution < 1.29 is 0 Å². The van der Waals surface area contributed by atoms with Crippen LogP contribution in [0.25, 0.3) is 0 Å². The molecule has 1 atom stereocenters. The van der Waals surface area contributed by atoms with Crippen molar-refractivity contribution >= 4 is 27.3 Å². The lowest BCUT2D eigenvalue weighted by Gasteiger charge is -2.21. The highest BCUT2D eigenvalue weighted by Crippen LogP contribution is 2.34. The van der Waals surface area contributed by atoms with E-state index in [2.05, 4.69) is 27.4 Å². The normalized spacial score (nSPS) is 21.2. The van der Waals surface area contributed by atoms with Gasteiger partial charge in [0.2, 0.25) is 0 Å². The third-order valence-corrected chi connectivity index (χ3v) is 4.90. The molecule has 0 saturated heterocycles. The van der Waals surface area contributed by atoms with Gasteiger partial charge in [-0.05, 0) is 51.7 Å². The number of hydrogen-bond acceptors (Lipinski definition) is 2. The number of nitrogens with two attached hydrogens (primary N) is 1. The van der Waals surface area contributed by atoms with Crippen LogP contribution in [0.1, 0.15) is 50.1 Å². The lowest BCUT2D eigenvalue weighted by atomic mass is 9.89. The summed E-state index contributed by atoms with van der Waals surface area (Å²) in [6.45, 7) is 0. The molecule has 1 heterocycles. The Hall–Kier alpha value is 0.140. The summed E-state index contributed by atoms with van der Waals surface area (Å²) in [6, 6.07) is 2.44. The molecule has 1 aliphatic rings. The second-order valence-electron chi connectivity index (χ2n) is 4.46. The van der Waals surface area contributed by atoms with Crippen molar-refractivity contribution in [1.82, 2.24) is 0 Å². The van der Waals surface area contributed by atoms with Gasteiger partial charge < -0.3 is 5.73 Å². The molecule has 3 heteroatoms. The lowest BCUT2D eigenvalue weighted by Crippen LogP contribution is -2.20. The predicted octanol–water partition coefficient (Wildman–Crippen LogP) is 4.48. The van der Waals surface area contributed by atoms with Crippen LogP contribution in [-0.2, 0) is 0 Å². The average molecular weight is 288 g/mol. The van der Waals surface area contributed by atoms with Gasteiger partial charge in [0.25, 0.3) is 0 Å². The number of halogens is 1. The van der Waals surface area contributed by atoms with Gasteiger partial charge in [-0.15, -0.1) is 11.3 Å². The largest absolute Gasteiger partial charge is 0.324 e. The molecule has 84 valence electrons. The molecule has 15 heavy (non-hydrogen) atoms. The minimum absolute atomic E-state index is 0.255. The zero-order chi connectivity index (χ0) is 10.7. The Kier molecular flexibility index (Phi) is 4.23. The first-order valence-electron chi connectivity index (χ1n) is 5.77. The van der Waals surface area contributed by atoms with Crippen LogP contribution in [-0.4, -0.2) is 0 Å². The first-order chi connectivity index (χ1) is 7.27. The molecule has 1 nitrogen and oxygen atoms in total. The molecule has 0 aliphatic heterocycles. The van der Waals surface area contributed by atoms with Gasteiger partial charge in [0.15, 0.2) is 0 Å². The molecule has 0 radical (unpaired) electrons. The third kappa shape index (κ3) is 3.05. The summed E-state index contributed by atoms with van der Waals surface area (Å²) in [6.07, 6.45) is 8.16. The minimum Gasteiger partial charge on any atom is -0.324 e. The Morgan fingerprint density at radius 2 is 1.93 bits per heavy atom. The second kappa shape index (κ2) is 5.46. The SMILES string of the molecule is NC(c1csc(Br)c1)C1CCCCCC1. The molecule has 0 bridgehead atoms. The van der Waals surface area contributed by atoms with E-state index in [9.17, 15) is 0 Å². The highest BCUT2D eigenvalue weighted by atomic mass is 79.9. The van der Waals surface area contributed by atoms with Gasteiger partial charge in [0, 0.05) is 6.04 Å². The third-order valence-electron chi connectivity index (χ3n) is 3.38. The topological polar surface area (TPSA) is 26.0 Å². The molecule has 1 aromatic heterocycles. The van der Waals surface area contributed by atoms with E-state index in [1.165, 1.54) is 47.9 Å². The van der Waals surface area contributed by atoms with Crippen molar-refractivity contribution in [2.45, 2.75) is 44.6 Å². The van der Waals surface area contributed by atoms with E-state index in [1.807, 2.05) is 0 Å². The predicted molar refractivity (Wildman–Crippen MR) is 70.1 cm³/mol. The zero-order valence-electron chi connectivity index (χ0n) is 8.92. The van der Waals surface area contributed by atoms with Crippen LogP contribution in [0.15, 0.2) is 15.2 Å². The number of hydrogen-bond donors (Lipinski definition) is 1. The van der Waals surface area contributed by atoms with Crippen LogP contribution >= 0.6 is 27.3 Å². The van der Waals surface area contributed by atoms with Crippen molar-refractivity contribution in [2.75, 3.05) is 0 Å². The Morgan fingerprint density at radius 1 is 1.27 bits per heavy atom. The Bertz CT molecular complexity index is 302. The maximum absolute atomic E-state index is 6.34. The van der Waals surface area contributed by atoms with Crippen molar-refractivity contribution in [3.05, 3.63) is 20.8 Å². The highest BCUT2D eigenvalue weighted by molar-refractivity contribution is 9.11. The first-order valence-corrected chi connectivity index (χ1v) is 7.44.